The maximum atomic E-state index is 13.6. The topological polar surface area (TPSA) is 0 Å². The third kappa shape index (κ3) is 4.67. The van der Waals surface area contributed by atoms with E-state index < -0.39 is 72.3 Å². The van der Waals surface area contributed by atoms with Gasteiger partial charge in [-0.3, -0.25) is 0 Å². The van der Waals surface area contributed by atoms with E-state index in [0.717, 1.165) is 0 Å². The number of hydrogen-bond donors (Lipinski definition) is 0. The molecule has 0 N–H and O–H groups in total. The monoisotopic (exact) mass is 528 g/mol. The van der Waals surface area contributed by atoms with E-state index in [2.05, 4.69) is 0 Å². The molecule has 0 heterocycles. The molecule has 0 saturated carbocycles. The molecule has 17 heteroatoms. The Kier molecular flexibility index (Phi) is 8.74. The Balaban J connectivity index is 6.52. The molecule has 0 unspecified atom stereocenters. The van der Waals surface area contributed by atoms with Crippen LogP contribution in [0.15, 0.2) is 0 Å². The molecule has 0 radical (unpaired) electrons. The maximum absolute atomic E-state index is 13.6. The molecule has 0 rings (SSSR count). The van der Waals surface area contributed by atoms with Crippen LogP contribution in [-0.4, -0.2) is 47.4 Å². The van der Waals surface area contributed by atoms with Crippen molar-refractivity contribution in [3.8, 4) is 12.1 Å². The van der Waals surface area contributed by atoms with Crippen LogP contribution in [0.2, 0.25) is 0 Å². The molecule has 0 nitrogen and oxygen atoms in total. The van der Waals surface area contributed by atoms with Crippen molar-refractivity contribution in [2.45, 2.75) is 86.4 Å². The predicted molar refractivity (Wildman–Crippen MR) is 77.2 cm³/mol. The zero-order chi connectivity index (χ0) is 26.9. The number of halogens is 17. The van der Waals surface area contributed by atoms with E-state index >= 15 is 0 Å². The number of hydrogen-bond acceptors (Lipinski definition) is 0. The Labute approximate surface area is 174 Å². The summed E-state index contributed by atoms with van der Waals surface area (Å²) in [7, 11) is 0. The van der Waals surface area contributed by atoms with Gasteiger partial charge in [0.15, 0.2) is 0 Å². The van der Waals surface area contributed by atoms with Crippen LogP contribution < -0.4 is 0 Å². The zero-order valence-corrected chi connectivity index (χ0v) is 16.0. The van der Waals surface area contributed by atoms with Crippen LogP contribution in [-0.2, 0) is 0 Å². The number of unbranched alkanes of at least 4 members (excludes halogenated alkanes) is 3. The molecule has 0 bridgehead atoms. The molecule has 0 atom stereocenters. The number of alkyl halides is 16. The molecule has 33 heavy (non-hydrogen) atoms. The molecule has 0 aromatic heterocycles. The van der Waals surface area contributed by atoms with E-state index in [1.165, 1.54) is 6.92 Å². The third-order valence-corrected chi connectivity index (χ3v) is 4.37. The van der Waals surface area contributed by atoms with Gasteiger partial charge in [-0.2, -0.15) is 70.2 Å². The van der Waals surface area contributed by atoms with Crippen molar-refractivity contribution in [2.75, 3.05) is 0 Å². The fraction of sp³-hybridized carbons (Fsp3) is 0.875. The molecule has 0 aliphatic carbocycles. The van der Waals surface area contributed by atoms with Gasteiger partial charge in [-0.25, -0.2) is 0 Å². The molecular formula is C16H13F17. The van der Waals surface area contributed by atoms with E-state index in [9.17, 15) is 74.6 Å². The fourth-order valence-electron chi connectivity index (χ4n) is 2.28. The molecule has 0 aromatic rings. The normalized spacial score (nSPS) is 15.3. The van der Waals surface area contributed by atoms with Gasteiger partial charge in [0, 0.05) is 12.3 Å². The lowest BCUT2D eigenvalue weighted by Gasteiger charge is -2.43. The van der Waals surface area contributed by atoms with Crippen molar-refractivity contribution in [3.63, 3.8) is 0 Å². The first-order valence-electron chi connectivity index (χ1n) is 8.52. The smallest absolute Gasteiger partial charge is 0.200 e. The summed E-state index contributed by atoms with van der Waals surface area (Å²) in [5, 5.41) is 0. The van der Waals surface area contributed by atoms with E-state index in [0.29, 0.717) is 0 Å². The second-order valence-electron chi connectivity index (χ2n) is 6.76. The highest BCUT2D eigenvalue weighted by Crippen LogP contribution is 2.64. The highest BCUT2D eigenvalue weighted by atomic mass is 19.4. The third-order valence-electron chi connectivity index (χ3n) is 4.37. The van der Waals surface area contributed by atoms with E-state index in [1.54, 1.807) is 0 Å². The second kappa shape index (κ2) is 9.20. The first-order chi connectivity index (χ1) is 14.4. The van der Waals surface area contributed by atoms with Crippen LogP contribution in [0.5, 0.6) is 0 Å². The van der Waals surface area contributed by atoms with Gasteiger partial charge >= 0.3 is 47.4 Å². The molecule has 0 aromatic carbocycles. The van der Waals surface area contributed by atoms with Crippen LogP contribution in [0.4, 0.5) is 74.6 Å². The van der Waals surface area contributed by atoms with E-state index in [1.807, 2.05) is 0 Å². The van der Waals surface area contributed by atoms with E-state index in [4.69, 9.17) is 0 Å². The van der Waals surface area contributed by atoms with Crippen LogP contribution in [0, 0.1) is 12.1 Å². The Morgan fingerprint density at radius 2 is 0.848 bits per heavy atom. The molecule has 0 aliphatic heterocycles. The van der Waals surface area contributed by atoms with Crippen molar-refractivity contribution >= 4 is 0 Å². The van der Waals surface area contributed by atoms with Gasteiger partial charge in [-0.15, -0.1) is 4.39 Å². The predicted octanol–water partition coefficient (Wildman–Crippen LogP) is 7.97. The highest BCUT2D eigenvalue weighted by Gasteiger charge is 2.94. The summed E-state index contributed by atoms with van der Waals surface area (Å²) in [6.45, 7) is 1.46. The van der Waals surface area contributed by atoms with E-state index in [-0.39, 0.29) is 19.3 Å². The minimum absolute atomic E-state index is 0.0452. The lowest BCUT2D eigenvalue weighted by molar-refractivity contribution is -0.450. The Morgan fingerprint density at radius 3 is 1.21 bits per heavy atom. The maximum Gasteiger partial charge on any atom is 0.390 e. The molecule has 0 amide bonds. The lowest BCUT2D eigenvalue weighted by atomic mass is 9.86. The minimum atomic E-state index is -8.52. The van der Waals surface area contributed by atoms with Gasteiger partial charge in [0.2, 0.25) is 0 Å². The Bertz CT molecular complexity index is 725. The molecule has 196 valence electrons. The molecular weight excluding hydrogens is 515 g/mol. The summed E-state index contributed by atoms with van der Waals surface area (Å²) in [5.41, 5.74) is 0. The fourth-order valence-corrected chi connectivity index (χ4v) is 2.28. The summed E-state index contributed by atoms with van der Waals surface area (Å²) in [5.74, 6) is -62.8. The number of rotatable bonds is 12. The van der Waals surface area contributed by atoms with Gasteiger partial charge < -0.3 is 0 Å². The summed E-state index contributed by atoms with van der Waals surface area (Å²) >= 11 is 0. The summed E-state index contributed by atoms with van der Waals surface area (Å²) < 4.78 is 226. The average Bonchev–Trinajstić information content (AvgIpc) is 2.64. The van der Waals surface area contributed by atoms with Crippen molar-refractivity contribution in [1.29, 1.82) is 0 Å². The quantitative estimate of drug-likeness (QED) is 0.137. The Morgan fingerprint density at radius 1 is 0.485 bits per heavy atom. The van der Waals surface area contributed by atoms with Gasteiger partial charge in [0.1, 0.15) is 6.17 Å². The molecule has 0 saturated heterocycles. The molecule has 0 spiro atoms. The van der Waals surface area contributed by atoms with Gasteiger partial charge in [0.25, 0.3) is 0 Å². The Hall–Kier alpha value is -1.63. The van der Waals surface area contributed by atoms with Gasteiger partial charge in [0.05, 0.1) is 0 Å². The molecule has 0 fully saturated rings. The van der Waals surface area contributed by atoms with Crippen molar-refractivity contribution in [1.82, 2.24) is 0 Å². The first kappa shape index (κ1) is 31.4. The lowest BCUT2D eigenvalue weighted by Crippen LogP contribution is -2.74. The summed E-state index contributed by atoms with van der Waals surface area (Å²) in [4.78, 5) is 0. The molecule has 0 aliphatic rings. The van der Waals surface area contributed by atoms with Crippen LogP contribution in [0.1, 0.15) is 39.0 Å². The van der Waals surface area contributed by atoms with Gasteiger partial charge in [-0.1, -0.05) is 26.2 Å². The van der Waals surface area contributed by atoms with Crippen LogP contribution in [0.3, 0.4) is 0 Å². The SMILES string of the molecule is CCCCCCC(F)(F)C(F)(F)C(F)(F)C(F)(F)C(F)(F)C(F)(F)C(F)(F)C(F)(F)C#CF. The van der Waals surface area contributed by atoms with Crippen molar-refractivity contribution in [2.24, 2.45) is 0 Å². The second-order valence-corrected chi connectivity index (χ2v) is 6.76. The standard InChI is InChI=1S/C16H13F17/c1-2-3-4-5-6-9(18,19)11(22,23)13(26,27)15(30,31)16(32,33)14(28,29)12(24,25)10(20,21)7-8-17/h2-6H2,1H3. The van der Waals surface area contributed by atoms with Gasteiger partial charge in [-0.05, 0) is 6.42 Å². The van der Waals surface area contributed by atoms with Crippen molar-refractivity contribution in [3.05, 3.63) is 0 Å². The largest absolute Gasteiger partial charge is 0.390 e. The highest BCUT2D eigenvalue weighted by molar-refractivity contribution is 5.21. The average molecular weight is 528 g/mol. The van der Waals surface area contributed by atoms with Crippen LogP contribution >= 0.6 is 0 Å². The van der Waals surface area contributed by atoms with Crippen molar-refractivity contribution < 1.29 is 74.6 Å². The van der Waals surface area contributed by atoms with Crippen LogP contribution in [0.25, 0.3) is 0 Å². The zero-order valence-electron chi connectivity index (χ0n) is 16.0. The summed E-state index contributed by atoms with van der Waals surface area (Å²) in [6.07, 6.45) is -4.09. The first-order valence-corrected chi connectivity index (χ1v) is 8.52. The summed E-state index contributed by atoms with van der Waals surface area (Å²) in [6, 6.07) is 0. The minimum Gasteiger partial charge on any atom is -0.200 e.